The van der Waals surface area contributed by atoms with Crippen molar-refractivity contribution in [1.29, 1.82) is 0 Å². The number of aliphatic hydroxyl groups is 4. The molecule has 0 radical (unpaired) electrons. The molecule has 68 heavy (non-hydrogen) atoms. The second-order valence-electron chi connectivity index (χ2n) is 19.4. The number of rotatable bonds is 23. The van der Waals surface area contributed by atoms with Gasteiger partial charge >= 0.3 is 17.9 Å². The van der Waals surface area contributed by atoms with Gasteiger partial charge in [-0.25, -0.2) is 0 Å². The normalized spacial score (nSPS) is 20.6. The molecule has 26 nitrogen and oxygen atoms in total. The van der Waals surface area contributed by atoms with Crippen molar-refractivity contribution in [1.82, 2.24) is 31.9 Å². The largest absolute Gasteiger partial charge is 0.460 e. The zero-order chi connectivity index (χ0) is 52.5. The topological polar surface area (TPSA) is 392 Å². The van der Waals surface area contributed by atoms with Gasteiger partial charge in [-0.2, -0.15) is 0 Å². The molecule has 10 atom stereocenters. The van der Waals surface area contributed by atoms with E-state index in [0.29, 0.717) is 0 Å². The van der Waals surface area contributed by atoms with Crippen LogP contribution in [0.25, 0.3) is 10.4 Å². The van der Waals surface area contributed by atoms with E-state index in [4.69, 9.17) is 24.5 Å². The molecule has 1 heterocycles. The first kappa shape index (κ1) is 60.4. The minimum absolute atomic E-state index is 0.440. The summed E-state index contributed by atoms with van der Waals surface area (Å²) >= 11 is 0. The minimum atomic E-state index is -1.73. The van der Waals surface area contributed by atoms with E-state index >= 15 is 0 Å². The van der Waals surface area contributed by atoms with Crippen LogP contribution >= 0.6 is 0 Å². The van der Waals surface area contributed by atoms with Gasteiger partial charge in [0.25, 0.3) is 0 Å². The highest BCUT2D eigenvalue weighted by Gasteiger charge is 2.44. The molecule has 0 spiro atoms. The molecule has 1 aliphatic rings. The highest BCUT2D eigenvalue weighted by atomic mass is 16.6. The van der Waals surface area contributed by atoms with Crippen molar-refractivity contribution < 1.29 is 82.5 Å². The molecular formula is C42H71N9O17. The van der Waals surface area contributed by atoms with Crippen LogP contribution in [0.1, 0.15) is 109 Å². The van der Waals surface area contributed by atoms with Gasteiger partial charge in [0.2, 0.25) is 35.4 Å². The molecule has 0 aromatic rings. The maximum atomic E-state index is 14.1. The Morgan fingerprint density at radius 1 is 0.618 bits per heavy atom. The fourth-order valence-corrected chi connectivity index (χ4v) is 6.18. The summed E-state index contributed by atoms with van der Waals surface area (Å²) in [5, 5.41) is 57.4. The van der Waals surface area contributed by atoms with Gasteiger partial charge in [-0.1, -0.05) is 19.0 Å². The molecule has 6 amide bonds. The fourth-order valence-electron chi connectivity index (χ4n) is 6.18. The third-order valence-electron chi connectivity index (χ3n) is 9.30. The lowest BCUT2D eigenvalue weighted by atomic mass is 9.95. The Labute approximate surface area is 394 Å². The number of azide groups is 1. The van der Waals surface area contributed by atoms with E-state index in [2.05, 4.69) is 41.9 Å². The molecule has 1 saturated heterocycles. The number of aliphatic hydroxyl groups excluding tert-OH is 4. The van der Waals surface area contributed by atoms with Crippen molar-refractivity contribution in [3.8, 4) is 0 Å². The second-order valence-corrected chi connectivity index (χ2v) is 19.4. The number of nitrogens with zero attached hydrogens (tertiary/aromatic N) is 3. The molecule has 0 aliphatic carbocycles. The first-order chi connectivity index (χ1) is 31.2. The Bertz CT molecular complexity index is 1840. The van der Waals surface area contributed by atoms with E-state index in [9.17, 15) is 63.6 Å². The van der Waals surface area contributed by atoms with E-state index in [-0.39, 0.29) is 0 Å². The molecule has 0 aromatic heterocycles. The molecule has 0 saturated carbocycles. The van der Waals surface area contributed by atoms with Crippen molar-refractivity contribution in [2.75, 3.05) is 19.7 Å². The highest BCUT2D eigenvalue weighted by Crippen LogP contribution is 2.21. The number of nitrogens with one attached hydrogen (secondary N) is 6. The van der Waals surface area contributed by atoms with Crippen LogP contribution in [0, 0.1) is 5.92 Å². The number of carbonyl (C=O) groups is 9. The van der Waals surface area contributed by atoms with Gasteiger partial charge < -0.3 is 71.3 Å². The zero-order valence-electron chi connectivity index (χ0n) is 40.7. The summed E-state index contributed by atoms with van der Waals surface area (Å²) in [5.74, 6) is -9.48. The molecule has 1 rings (SSSR count). The van der Waals surface area contributed by atoms with Gasteiger partial charge in [0.1, 0.15) is 84.1 Å². The summed E-state index contributed by atoms with van der Waals surface area (Å²) in [5.41, 5.74) is 5.68. The summed E-state index contributed by atoms with van der Waals surface area (Å²) in [6.45, 7) is 16.5. The SMILES string of the molecule is CC(C)[C@H](NC(=O)[C@H](CCC(=O)OC(C)(C)C)NC(=O)[C@H](CC(=O)OC(C)(C)C)NC(=O)CN=[N+]=[N-])C(=O)N[C@@H](CC(=O)OC(C)(C)C)C(=O)N[C@@H](C)C(=O)NC[C@@H]1O[C@H](CO)C(O)C(O)[C@H]1O. The zero-order valence-corrected chi connectivity index (χ0v) is 40.7. The Hall–Kier alpha value is -5.66. The van der Waals surface area contributed by atoms with Crippen LogP contribution in [0.4, 0.5) is 0 Å². The van der Waals surface area contributed by atoms with Crippen LogP contribution in [-0.2, 0) is 62.1 Å². The lowest BCUT2D eigenvalue weighted by Crippen LogP contribution is -2.62. The monoisotopic (exact) mass is 973 g/mol. The van der Waals surface area contributed by atoms with Crippen molar-refractivity contribution >= 4 is 53.4 Å². The van der Waals surface area contributed by atoms with E-state index in [0.717, 1.165) is 0 Å². The fraction of sp³-hybridized carbons (Fsp3) is 0.786. The van der Waals surface area contributed by atoms with Crippen LogP contribution in [0.5, 0.6) is 0 Å². The molecule has 386 valence electrons. The van der Waals surface area contributed by atoms with Crippen LogP contribution < -0.4 is 31.9 Å². The van der Waals surface area contributed by atoms with E-state index in [1.165, 1.54) is 20.8 Å². The summed E-state index contributed by atoms with van der Waals surface area (Å²) in [6.07, 6.45) is -9.95. The molecule has 26 heteroatoms. The maximum absolute atomic E-state index is 14.1. The molecule has 0 bridgehead atoms. The molecule has 2 unspecified atom stereocenters. The first-order valence-electron chi connectivity index (χ1n) is 21.9. The average Bonchev–Trinajstić information content (AvgIpc) is 3.19. The smallest absolute Gasteiger partial charge is 0.308 e. The lowest BCUT2D eigenvalue weighted by Gasteiger charge is -2.40. The number of carbonyl (C=O) groups excluding carboxylic acids is 9. The Morgan fingerprint density at radius 3 is 1.56 bits per heavy atom. The van der Waals surface area contributed by atoms with E-state index in [1.54, 1.807) is 62.3 Å². The van der Waals surface area contributed by atoms with Crippen molar-refractivity contribution in [2.45, 2.75) is 186 Å². The van der Waals surface area contributed by atoms with Gasteiger partial charge in [-0.05, 0) is 87.1 Å². The Morgan fingerprint density at radius 2 is 1.07 bits per heavy atom. The quantitative estimate of drug-likeness (QED) is 0.0173. The number of hydrogen-bond acceptors (Lipinski definition) is 18. The van der Waals surface area contributed by atoms with Crippen LogP contribution in [0.3, 0.4) is 0 Å². The standard InChI is InChI=1S/C42H71N9O17/c1-20(2)31(50-36(61)22(13-14-28(54)66-40(4,5)6)48-38(63)23(47-27(53)18-45-51-43)15-29(55)67-41(7,8)9)39(64)49-24(16-30(56)68-42(10,11)12)37(62)46-21(3)35(60)44-17-25-32(57)34(59)33(58)26(19-52)65-25/h20-26,31-34,52,57-59H,13-19H2,1-12H3,(H,44,60)(H,46,62)(H,47,53)(H,48,63)(H,49,64)(H,50,61)/t21-,22-,23-,24-,25-,26+,31-,32-,33?,34?/m0/s1. The Kier molecular flexibility index (Phi) is 23.8. The van der Waals surface area contributed by atoms with Crippen molar-refractivity contribution in [2.24, 2.45) is 11.0 Å². The second kappa shape index (κ2) is 26.8. The molecule has 1 fully saturated rings. The maximum Gasteiger partial charge on any atom is 0.308 e. The summed E-state index contributed by atoms with van der Waals surface area (Å²) in [7, 11) is 0. The van der Waals surface area contributed by atoms with Gasteiger partial charge in [0.05, 0.1) is 19.4 Å². The van der Waals surface area contributed by atoms with Crippen LogP contribution in [0.15, 0.2) is 5.11 Å². The highest BCUT2D eigenvalue weighted by molar-refractivity contribution is 5.98. The Balaban J connectivity index is 3.46. The number of esters is 3. The third kappa shape index (κ3) is 22.4. The predicted octanol–water partition coefficient (Wildman–Crippen LogP) is -2.06. The van der Waals surface area contributed by atoms with Gasteiger partial charge in [-0.15, -0.1) is 0 Å². The van der Waals surface area contributed by atoms with Crippen LogP contribution in [0.2, 0.25) is 0 Å². The predicted molar refractivity (Wildman–Crippen MR) is 237 cm³/mol. The molecule has 1 aliphatic heterocycles. The van der Waals surface area contributed by atoms with Gasteiger partial charge in [0, 0.05) is 17.9 Å². The van der Waals surface area contributed by atoms with Gasteiger partial charge in [0.15, 0.2) is 0 Å². The molecule has 0 aromatic carbocycles. The molecular weight excluding hydrogens is 903 g/mol. The number of hydrogen-bond donors (Lipinski definition) is 10. The number of amides is 6. The van der Waals surface area contributed by atoms with Crippen molar-refractivity contribution in [3.05, 3.63) is 10.4 Å². The summed E-state index contributed by atoms with van der Waals surface area (Å²) in [6, 6.07) is -7.97. The number of ether oxygens (including phenoxy) is 4. The summed E-state index contributed by atoms with van der Waals surface area (Å²) in [4.78, 5) is 122. The van der Waals surface area contributed by atoms with E-state index in [1.807, 2.05) is 0 Å². The average molecular weight is 974 g/mol. The van der Waals surface area contributed by atoms with Crippen molar-refractivity contribution in [3.63, 3.8) is 0 Å². The van der Waals surface area contributed by atoms with Crippen LogP contribution in [-0.4, -0.2) is 171 Å². The van der Waals surface area contributed by atoms with Gasteiger partial charge in [-0.3, -0.25) is 43.2 Å². The lowest BCUT2D eigenvalue weighted by molar-refractivity contribution is -0.227. The first-order valence-corrected chi connectivity index (χ1v) is 21.9. The van der Waals surface area contributed by atoms with E-state index < -0.39 is 182 Å². The minimum Gasteiger partial charge on any atom is -0.460 e. The third-order valence-corrected chi connectivity index (χ3v) is 9.30. The molecule has 10 N–H and O–H groups in total. The summed E-state index contributed by atoms with van der Waals surface area (Å²) < 4.78 is 21.4.